The van der Waals surface area contributed by atoms with Crippen LogP contribution in [0.25, 0.3) is 0 Å². The van der Waals surface area contributed by atoms with Crippen molar-refractivity contribution < 1.29 is 14.3 Å². The van der Waals surface area contributed by atoms with Crippen LogP contribution in [0, 0.1) is 6.92 Å². The van der Waals surface area contributed by atoms with E-state index in [0.29, 0.717) is 30.1 Å². The van der Waals surface area contributed by atoms with Crippen molar-refractivity contribution >= 4 is 23.0 Å². The number of rotatable bonds is 7. The standard InChI is InChI=1S/C18H23N3O3/c1-12-4-7-17(24-3)16(10-12)21-15-6-5-13(11-14(15)19)18(22)20-8-9-23-2/h4-7,10-11,21H,8-9,19H2,1-3H3,(H,20,22). The Bertz CT molecular complexity index is 717. The van der Waals surface area contributed by atoms with Crippen LogP contribution >= 0.6 is 0 Å². The molecule has 0 aliphatic rings. The van der Waals surface area contributed by atoms with Crippen LogP contribution in [0.1, 0.15) is 15.9 Å². The molecule has 0 spiro atoms. The van der Waals surface area contributed by atoms with Crippen molar-refractivity contribution in [2.24, 2.45) is 0 Å². The van der Waals surface area contributed by atoms with Gasteiger partial charge in [-0.25, -0.2) is 0 Å². The SMILES string of the molecule is COCCNC(=O)c1ccc(Nc2cc(C)ccc2OC)c(N)c1. The summed E-state index contributed by atoms with van der Waals surface area (Å²) in [5.41, 5.74) is 9.71. The maximum Gasteiger partial charge on any atom is 0.251 e. The first-order valence-electron chi connectivity index (χ1n) is 7.63. The molecule has 0 unspecified atom stereocenters. The molecule has 2 aromatic carbocycles. The number of hydrogen-bond donors (Lipinski definition) is 3. The molecule has 0 fully saturated rings. The second kappa shape index (κ2) is 8.21. The first-order chi connectivity index (χ1) is 11.5. The molecule has 6 nitrogen and oxygen atoms in total. The summed E-state index contributed by atoms with van der Waals surface area (Å²) >= 11 is 0. The topological polar surface area (TPSA) is 85.6 Å². The van der Waals surface area contributed by atoms with E-state index in [1.54, 1.807) is 32.4 Å². The summed E-state index contributed by atoms with van der Waals surface area (Å²) in [6, 6.07) is 11.0. The molecule has 0 aliphatic carbocycles. The van der Waals surface area contributed by atoms with Gasteiger partial charge in [-0.15, -0.1) is 0 Å². The van der Waals surface area contributed by atoms with E-state index in [4.69, 9.17) is 15.2 Å². The van der Waals surface area contributed by atoms with Crippen LogP contribution in [0.3, 0.4) is 0 Å². The third-order valence-electron chi connectivity index (χ3n) is 3.53. The molecule has 0 aliphatic heterocycles. The maximum absolute atomic E-state index is 12.0. The number of benzene rings is 2. The van der Waals surface area contributed by atoms with E-state index >= 15 is 0 Å². The van der Waals surface area contributed by atoms with Crippen molar-refractivity contribution in [1.29, 1.82) is 0 Å². The van der Waals surface area contributed by atoms with Crippen molar-refractivity contribution in [2.45, 2.75) is 6.92 Å². The van der Waals surface area contributed by atoms with Crippen LogP contribution in [0.5, 0.6) is 5.75 Å². The minimum absolute atomic E-state index is 0.182. The lowest BCUT2D eigenvalue weighted by Gasteiger charge is -2.14. The largest absolute Gasteiger partial charge is 0.495 e. The Hall–Kier alpha value is -2.73. The van der Waals surface area contributed by atoms with Gasteiger partial charge in [-0.2, -0.15) is 0 Å². The van der Waals surface area contributed by atoms with Gasteiger partial charge in [0.2, 0.25) is 0 Å². The van der Waals surface area contributed by atoms with E-state index in [1.807, 2.05) is 25.1 Å². The molecule has 0 radical (unpaired) electrons. The Kier molecular flexibility index (Phi) is 6.03. The molecule has 4 N–H and O–H groups in total. The summed E-state index contributed by atoms with van der Waals surface area (Å²) in [5.74, 6) is 0.542. The van der Waals surface area contributed by atoms with Crippen molar-refractivity contribution in [2.75, 3.05) is 38.4 Å². The van der Waals surface area contributed by atoms with Gasteiger partial charge >= 0.3 is 0 Å². The second-order valence-electron chi connectivity index (χ2n) is 5.38. The number of amides is 1. The van der Waals surface area contributed by atoms with Gasteiger partial charge in [-0.1, -0.05) is 6.07 Å². The lowest BCUT2D eigenvalue weighted by Crippen LogP contribution is -2.27. The monoisotopic (exact) mass is 329 g/mol. The number of aryl methyl sites for hydroxylation is 1. The predicted molar refractivity (Wildman–Crippen MR) is 96.1 cm³/mol. The van der Waals surface area contributed by atoms with E-state index in [1.165, 1.54) is 0 Å². The Morgan fingerprint density at radius 1 is 1.12 bits per heavy atom. The first kappa shape index (κ1) is 17.6. The average molecular weight is 329 g/mol. The van der Waals surface area contributed by atoms with Crippen molar-refractivity contribution in [3.63, 3.8) is 0 Å². The number of anilines is 3. The molecular formula is C18H23N3O3. The molecule has 0 bridgehead atoms. The highest BCUT2D eigenvalue weighted by Crippen LogP contribution is 2.31. The highest BCUT2D eigenvalue weighted by Gasteiger charge is 2.10. The third-order valence-corrected chi connectivity index (χ3v) is 3.53. The molecule has 128 valence electrons. The summed E-state index contributed by atoms with van der Waals surface area (Å²) in [6.07, 6.45) is 0. The van der Waals surface area contributed by atoms with Gasteiger partial charge in [0.25, 0.3) is 5.91 Å². The smallest absolute Gasteiger partial charge is 0.251 e. The number of nitrogens with two attached hydrogens (primary N) is 1. The molecule has 24 heavy (non-hydrogen) atoms. The summed E-state index contributed by atoms with van der Waals surface area (Å²) < 4.78 is 10.3. The molecule has 2 rings (SSSR count). The normalized spacial score (nSPS) is 10.3. The summed E-state index contributed by atoms with van der Waals surface area (Å²) in [7, 11) is 3.21. The highest BCUT2D eigenvalue weighted by molar-refractivity contribution is 5.96. The van der Waals surface area contributed by atoms with E-state index in [9.17, 15) is 4.79 Å². The zero-order chi connectivity index (χ0) is 17.5. The second-order valence-corrected chi connectivity index (χ2v) is 5.38. The van der Waals surface area contributed by atoms with E-state index in [0.717, 1.165) is 17.0 Å². The fraction of sp³-hybridized carbons (Fsp3) is 0.278. The molecule has 6 heteroatoms. The minimum atomic E-state index is -0.182. The summed E-state index contributed by atoms with van der Waals surface area (Å²) in [5, 5.41) is 6.01. The van der Waals surface area contributed by atoms with E-state index < -0.39 is 0 Å². The number of nitrogens with one attached hydrogen (secondary N) is 2. The first-order valence-corrected chi connectivity index (χ1v) is 7.63. The molecule has 0 atom stereocenters. The Labute approximate surface area is 142 Å². The zero-order valence-corrected chi connectivity index (χ0v) is 14.2. The number of carbonyl (C=O) groups is 1. The van der Waals surface area contributed by atoms with Gasteiger partial charge < -0.3 is 25.8 Å². The Morgan fingerprint density at radius 3 is 2.58 bits per heavy atom. The van der Waals surface area contributed by atoms with Crippen LogP contribution in [0.4, 0.5) is 17.1 Å². The molecule has 0 heterocycles. The quantitative estimate of drug-likeness (QED) is 0.537. The van der Waals surface area contributed by atoms with Crippen molar-refractivity contribution in [3.05, 3.63) is 47.5 Å². The number of ether oxygens (including phenoxy) is 2. The molecule has 0 saturated carbocycles. The van der Waals surface area contributed by atoms with Crippen LogP contribution in [-0.2, 0) is 4.74 Å². The molecule has 0 saturated heterocycles. The number of methoxy groups -OCH3 is 2. The number of carbonyl (C=O) groups excluding carboxylic acids is 1. The molecule has 1 amide bonds. The van der Waals surface area contributed by atoms with Gasteiger partial charge in [0.1, 0.15) is 5.75 Å². The Balaban J connectivity index is 2.16. The van der Waals surface area contributed by atoms with Crippen LogP contribution < -0.4 is 21.1 Å². The van der Waals surface area contributed by atoms with Crippen molar-refractivity contribution in [3.8, 4) is 5.75 Å². The van der Waals surface area contributed by atoms with Crippen LogP contribution in [0.15, 0.2) is 36.4 Å². The molecule has 2 aromatic rings. The van der Waals surface area contributed by atoms with Crippen molar-refractivity contribution in [1.82, 2.24) is 5.32 Å². The third kappa shape index (κ3) is 4.39. The summed E-state index contributed by atoms with van der Waals surface area (Å²) in [6.45, 7) is 2.92. The van der Waals surface area contributed by atoms with E-state index in [-0.39, 0.29) is 5.91 Å². The average Bonchev–Trinajstić information content (AvgIpc) is 2.57. The van der Waals surface area contributed by atoms with Gasteiger partial charge in [-0.05, 0) is 42.8 Å². The van der Waals surface area contributed by atoms with Gasteiger partial charge in [-0.3, -0.25) is 4.79 Å². The molecular weight excluding hydrogens is 306 g/mol. The summed E-state index contributed by atoms with van der Waals surface area (Å²) in [4.78, 5) is 12.0. The maximum atomic E-state index is 12.0. The minimum Gasteiger partial charge on any atom is -0.495 e. The molecule has 0 aromatic heterocycles. The lowest BCUT2D eigenvalue weighted by atomic mass is 10.1. The zero-order valence-electron chi connectivity index (χ0n) is 14.2. The van der Waals surface area contributed by atoms with Gasteiger partial charge in [0.15, 0.2) is 0 Å². The van der Waals surface area contributed by atoms with E-state index in [2.05, 4.69) is 10.6 Å². The number of hydrogen-bond acceptors (Lipinski definition) is 5. The van der Waals surface area contributed by atoms with Crippen LogP contribution in [-0.4, -0.2) is 33.3 Å². The van der Waals surface area contributed by atoms with Crippen LogP contribution in [0.2, 0.25) is 0 Å². The predicted octanol–water partition coefficient (Wildman–Crippen LogP) is 2.71. The fourth-order valence-electron chi connectivity index (χ4n) is 2.25. The fourth-order valence-corrected chi connectivity index (χ4v) is 2.25. The number of nitrogen functional groups attached to an aromatic ring is 1. The lowest BCUT2D eigenvalue weighted by molar-refractivity contribution is 0.0937. The Morgan fingerprint density at radius 2 is 1.92 bits per heavy atom. The van der Waals surface area contributed by atoms with Gasteiger partial charge in [0.05, 0.1) is 30.8 Å². The highest BCUT2D eigenvalue weighted by atomic mass is 16.5. The van der Waals surface area contributed by atoms with Gasteiger partial charge in [0, 0.05) is 19.2 Å².